The fourth-order valence-electron chi connectivity index (χ4n) is 3.66. The minimum atomic E-state index is -1.14. The third-order valence-corrected chi connectivity index (χ3v) is 5.63. The topological polar surface area (TPSA) is 166 Å². The van der Waals surface area contributed by atoms with Crippen molar-refractivity contribution < 1.29 is 33.8 Å². The zero-order valence-electron chi connectivity index (χ0n) is 20.5. The lowest BCUT2D eigenvalue weighted by Gasteiger charge is -2.32. The summed E-state index contributed by atoms with van der Waals surface area (Å²) in [6.07, 6.45) is 1.10. The van der Waals surface area contributed by atoms with Crippen LogP contribution in [0, 0.1) is 5.41 Å². The molecular weight excluding hydrogens is 470 g/mol. The molecule has 2 heterocycles. The Balaban J connectivity index is 1.90. The molecule has 2 aromatic rings. The third kappa shape index (κ3) is 5.70. The molecule has 3 rings (SSSR count). The van der Waals surface area contributed by atoms with E-state index in [9.17, 15) is 29.4 Å². The molecule has 0 saturated carbocycles. The molecule has 1 fully saturated rings. The molecule has 36 heavy (non-hydrogen) atoms. The number of aliphatic carboxylic acids is 1. The van der Waals surface area contributed by atoms with Crippen LogP contribution in [0.2, 0.25) is 0 Å². The molecule has 0 aliphatic carbocycles. The van der Waals surface area contributed by atoms with Crippen LogP contribution in [0.1, 0.15) is 50.9 Å². The number of benzene rings is 1. The molecule has 1 aromatic heterocycles. The van der Waals surface area contributed by atoms with Crippen LogP contribution in [0.25, 0.3) is 0 Å². The lowest BCUT2D eigenvalue weighted by molar-refractivity contribution is -0.153. The number of nitrogens with one attached hydrogen (secondary N) is 1. The Bertz CT molecular complexity index is 1170. The Hall–Kier alpha value is -4.22. The summed E-state index contributed by atoms with van der Waals surface area (Å²) in [6.45, 7) is 7.46. The van der Waals surface area contributed by atoms with Crippen LogP contribution in [0.3, 0.4) is 0 Å². The van der Waals surface area contributed by atoms with Crippen LogP contribution in [0.15, 0.2) is 39.7 Å². The lowest BCUT2D eigenvalue weighted by atomic mass is 9.87. The minimum Gasteiger partial charge on any atom is -0.480 e. The van der Waals surface area contributed by atoms with Crippen molar-refractivity contribution in [1.29, 1.82) is 0 Å². The number of carbonyl (C=O) groups is 4. The Morgan fingerprint density at radius 1 is 1.19 bits per heavy atom. The van der Waals surface area contributed by atoms with Gasteiger partial charge in [-0.3, -0.25) is 19.5 Å². The molecule has 12 heteroatoms. The van der Waals surface area contributed by atoms with Crippen molar-refractivity contribution in [3.63, 3.8) is 0 Å². The first kappa shape index (κ1) is 26.4. The molecule has 0 spiro atoms. The molecule has 1 unspecified atom stereocenters. The summed E-state index contributed by atoms with van der Waals surface area (Å²) in [5.41, 5.74) is -0.297. The molecule has 1 aliphatic heterocycles. The summed E-state index contributed by atoms with van der Waals surface area (Å²) in [4.78, 5) is 59.7. The van der Waals surface area contributed by atoms with Crippen molar-refractivity contribution in [2.24, 2.45) is 10.4 Å². The highest BCUT2D eigenvalue weighted by Crippen LogP contribution is 2.28. The molecule has 1 aliphatic rings. The van der Waals surface area contributed by atoms with Crippen LogP contribution in [0.4, 0.5) is 4.79 Å². The van der Waals surface area contributed by atoms with E-state index in [4.69, 9.17) is 4.42 Å². The van der Waals surface area contributed by atoms with Crippen LogP contribution in [-0.4, -0.2) is 80.7 Å². The van der Waals surface area contributed by atoms with Gasteiger partial charge in [-0.05, 0) is 17.9 Å². The van der Waals surface area contributed by atoms with Gasteiger partial charge < -0.3 is 24.8 Å². The number of aromatic nitrogens is 1. The maximum absolute atomic E-state index is 13.0. The lowest BCUT2D eigenvalue weighted by Crippen LogP contribution is -2.58. The first-order valence-corrected chi connectivity index (χ1v) is 11.4. The number of aromatic hydroxyl groups is 1. The average molecular weight is 500 g/mol. The number of likely N-dealkylation sites (N-methyl/N-ethyl adjacent to an activating group) is 1. The van der Waals surface area contributed by atoms with Gasteiger partial charge >= 0.3 is 29.8 Å². The predicted octanol–water partition coefficient (Wildman–Crippen LogP) is 1.79. The first-order valence-electron chi connectivity index (χ1n) is 11.4. The van der Waals surface area contributed by atoms with E-state index in [1.54, 1.807) is 58.0 Å². The Labute approximate surface area is 207 Å². The highest BCUT2D eigenvalue weighted by molar-refractivity contribution is 6.38. The number of urea groups is 1. The number of carbonyl (C=O) groups excluding carboxylic acids is 3. The number of nitrogens with zero attached hydrogens (tertiary/aromatic N) is 4. The van der Waals surface area contributed by atoms with Gasteiger partial charge in [0.05, 0.1) is 6.21 Å². The molecular formula is C24H29N5O7. The minimum absolute atomic E-state index is 0.0177. The van der Waals surface area contributed by atoms with Crippen LogP contribution in [-0.2, 0) is 14.4 Å². The molecule has 1 saturated heterocycles. The number of amides is 4. The van der Waals surface area contributed by atoms with E-state index in [-0.39, 0.29) is 24.7 Å². The molecule has 2 atom stereocenters. The molecule has 192 valence electrons. The number of imide groups is 1. The van der Waals surface area contributed by atoms with E-state index in [1.165, 1.54) is 4.90 Å². The van der Waals surface area contributed by atoms with Gasteiger partial charge in [0.15, 0.2) is 11.7 Å². The molecule has 12 nitrogen and oxygen atoms in total. The summed E-state index contributed by atoms with van der Waals surface area (Å²) < 4.78 is 5.39. The van der Waals surface area contributed by atoms with E-state index in [0.29, 0.717) is 12.1 Å². The number of hydrogen-bond donors (Lipinski definition) is 3. The van der Waals surface area contributed by atoms with Gasteiger partial charge in [-0.2, -0.15) is 0 Å². The second-order valence-electron chi connectivity index (χ2n) is 9.26. The van der Waals surface area contributed by atoms with Gasteiger partial charge in [0, 0.05) is 19.6 Å². The molecule has 0 bridgehead atoms. The quantitative estimate of drug-likeness (QED) is 0.383. The number of oxazole rings is 1. The monoisotopic (exact) mass is 499 g/mol. The number of hydrogen-bond acceptors (Lipinski definition) is 8. The van der Waals surface area contributed by atoms with E-state index in [0.717, 1.165) is 11.1 Å². The fraction of sp³-hybridized carbons (Fsp3) is 0.417. The predicted molar refractivity (Wildman–Crippen MR) is 127 cm³/mol. The summed E-state index contributed by atoms with van der Waals surface area (Å²) >= 11 is 0. The maximum atomic E-state index is 13.0. The van der Waals surface area contributed by atoms with E-state index >= 15 is 0 Å². The van der Waals surface area contributed by atoms with E-state index in [2.05, 4.69) is 15.3 Å². The van der Waals surface area contributed by atoms with Gasteiger partial charge in [-0.25, -0.2) is 14.6 Å². The van der Waals surface area contributed by atoms with Gasteiger partial charge in [0.2, 0.25) is 5.89 Å². The van der Waals surface area contributed by atoms with Crippen molar-refractivity contribution in [3.05, 3.63) is 47.5 Å². The first-order chi connectivity index (χ1) is 16.9. The van der Waals surface area contributed by atoms with Crippen LogP contribution < -0.4 is 5.32 Å². The van der Waals surface area contributed by atoms with Crippen LogP contribution in [0.5, 0.6) is 5.95 Å². The number of piperazine rings is 1. The van der Waals surface area contributed by atoms with Gasteiger partial charge in [0.1, 0.15) is 6.04 Å². The standard InChI is InChI=1S/C24H29N5O7/c1-5-28-11-12-29(20(31)19(28)30)23(35)27-16(14-9-7-6-8-10-14)18-26-15(22(34)36-18)13-25-17(21(32)33)24(2,3)4/h6-10,13,16-17,34H,5,11-12H2,1-4H3,(H,27,35)(H,32,33)/t16-,17?/m1/s1. The van der Waals surface area contributed by atoms with Crippen molar-refractivity contribution in [3.8, 4) is 5.95 Å². The highest BCUT2D eigenvalue weighted by atomic mass is 16.5. The Kier molecular flexibility index (Phi) is 7.76. The van der Waals surface area contributed by atoms with Crippen molar-refractivity contribution in [1.82, 2.24) is 20.1 Å². The second-order valence-corrected chi connectivity index (χ2v) is 9.26. The SMILES string of the molecule is CCN1CCN(C(=O)N[C@H](c2ccccc2)c2nc(C=NC(C(=O)O)C(C)(C)C)c(O)o2)C(=O)C1=O. The Morgan fingerprint density at radius 3 is 2.44 bits per heavy atom. The summed E-state index contributed by atoms with van der Waals surface area (Å²) in [6, 6.07) is 5.60. The molecule has 3 N–H and O–H groups in total. The zero-order chi connectivity index (χ0) is 26.6. The second kappa shape index (κ2) is 10.6. The fourth-order valence-corrected chi connectivity index (χ4v) is 3.66. The largest absolute Gasteiger partial charge is 0.480 e. The van der Waals surface area contributed by atoms with Crippen LogP contribution >= 0.6 is 0 Å². The van der Waals surface area contributed by atoms with Gasteiger partial charge in [-0.15, -0.1) is 0 Å². The van der Waals surface area contributed by atoms with Crippen molar-refractivity contribution in [2.45, 2.75) is 39.8 Å². The third-order valence-electron chi connectivity index (χ3n) is 5.63. The normalized spacial score (nSPS) is 16.3. The smallest absolute Gasteiger partial charge is 0.328 e. The number of rotatable bonds is 7. The number of carboxylic acids is 1. The summed E-state index contributed by atoms with van der Waals surface area (Å²) in [7, 11) is 0. The zero-order valence-corrected chi connectivity index (χ0v) is 20.5. The number of carboxylic acid groups (broad SMARTS) is 1. The Morgan fingerprint density at radius 2 is 1.86 bits per heavy atom. The molecule has 1 aromatic carbocycles. The van der Waals surface area contributed by atoms with Gasteiger partial charge in [0.25, 0.3) is 0 Å². The maximum Gasteiger partial charge on any atom is 0.328 e. The summed E-state index contributed by atoms with van der Waals surface area (Å²) in [5, 5.41) is 22.4. The van der Waals surface area contributed by atoms with Gasteiger partial charge in [-0.1, -0.05) is 51.1 Å². The average Bonchev–Trinajstić information content (AvgIpc) is 3.18. The summed E-state index contributed by atoms with van der Waals surface area (Å²) in [5.74, 6) is -3.60. The van der Waals surface area contributed by atoms with E-state index in [1.807, 2.05) is 0 Å². The van der Waals surface area contributed by atoms with Crippen molar-refractivity contribution in [2.75, 3.05) is 19.6 Å². The molecule has 4 amide bonds. The number of aliphatic imine (C=N–C) groups is 1. The van der Waals surface area contributed by atoms with Crippen molar-refractivity contribution >= 4 is 30.0 Å². The van der Waals surface area contributed by atoms with E-state index < -0.39 is 47.3 Å². The molecule has 0 radical (unpaired) electrons. The highest BCUT2D eigenvalue weighted by Gasteiger charge is 2.37.